The van der Waals surface area contributed by atoms with Gasteiger partial charge in [0.2, 0.25) is 5.90 Å². The first-order valence-electron chi connectivity index (χ1n) is 9.15. The fraction of sp³-hybridized carbons (Fsp3) is 0.0435. The molecule has 0 N–H and O–H groups in total. The topological polar surface area (TPSA) is 47.9 Å². The summed E-state index contributed by atoms with van der Waals surface area (Å²) in [5.41, 5.74) is 2.86. The summed E-state index contributed by atoms with van der Waals surface area (Å²) in [6.07, 6.45) is 1.69. The molecule has 0 atom stereocenters. The normalized spacial score (nSPS) is 14.5. The average molecular weight is 844 g/mol. The molecule has 3 aromatic rings. The van der Waals surface area contributed by atoms with Crippen molar-refractivity contribution in [3.8, 4) is 5.75 Å². The van der Waals surface area contributed by atoms with Crippen molar-refractivity contribution in [2.75, 3.05) is 0 Å². The SMILES string of the molecule is O=C1OC(c2ccc(I)c(Br)c2)=N/C1=C\c1cc(Br)c(OCc2ccccc2I)c(Br)c1. The van der Waals surface area contributed by atoms with Gasteiger partial charge in [-0.25, -0.2) is 9.79 Å². The van der Waals surface area contributed by atoms with Crippen molar-refractivity contribution >= 4 is 111 Å². The molecule has 0 aromatic heterocycles. The maximum atomic E-state index is 12.4. The van der Waals surface area contributed by atoms with E-state index >= 15 is 0 Å². The highest BCUT2D eigenvalue weighted by molar-refractivity contribution is 14.1. The molecule has 1 aliphatic heterocycles. The number of carbonyl (C=O) groups excluding carboxylic acids is 1. The first-order chi connectivity index (χ1) is 15.3. The molecule has 1 aliphatic rings. The fourth-order valence-electron chi connectivity index (χ4n) is 2.89. The number of halogens is 5. The van der Waals surface area contributed by atoms with Gasteiger partial charge in [-0.1, -0.05) is 18.2 Å². The summed E-state index contributed by atoms with van der Waals surface area (Å²) in [6, 6.07) is 17.5. The Balaban J connectivity index is 1.57. The zero-order valence-corrected chi connectivity index (χ0v) is 25.1. The average Bonchev–Trinajstić information content (AvgIpc) is 3.11. The second kappa shape index (κ2) is 10.7. The highest BCUT2D eigenvalue weighted by Crippen LogP contribution is 2.36. The molecule has 32 heavy (non-hydrogen) atoms. The smallest absolute Gasteiger partial charge is 0.363 e. The summed E-state index contributed by atoms with van der Waals surface area (Å²) in [6.45, 7) is 0.447. The lowest BCUT2D eigenvalue weighted by molar-refractivity contribution is -0.129. The lowest BCUT2D eigenvalue weighted by Crippen LogP contribution is -2.05. The molecule has 4 rings (SSSR count). The second-order valence-electron chi connectivity index (χ2n) is 6.66. The van der Waals surface area contributed by atoms with Gasteiger partial charge >= 0.3 is 5.97 Å². The van der Waals surface area contributed by atoms with E-state index in [1.165, 1.54) is 0 Å². The highest BCUT2D eigenvalue weighted by Gasteiger charge is 2.25. The van der Waals surface area contributed by atoms with E-state index in [0.717, 1.165) is 37.2 Å². The lowest BCUT2D eigenvalue weighted by atomic mass is 10.2. The molecule has 1 heterocycles. The quantitative estimate of drug-likeness (QED) is 0.148. The van der Waals surface area contributed by atoms with Crippen LogP contribution in [0.25, 0.3) is 6.08 Å². The molecule has 0 bridgehead atoms. The molecule has 0 fully saturated rings. The minimum atomic E-state index is -0.485. The fourth-order valence-corrected chi connectivity index (χ4v) is 5.59. The van der Waals surface area contributed by atoms with E-state index in [-0.39, 0.29) is 11.6 Å². The van der Waals surface area contributed by atoms with Crippen molar-refractivity contribution in [1.29, 1.82) is 0 Å². The van der Waals surface area contributed by atoms with Crippen LogP contribution in [0.15, 0.2) is 78.7 Å². The van der Waals surface area contributed by atoms with E-state index in [1.54, 1.807) is 6.08 Å². The summed E-state index contributed by atoms with van der Waals surface area (Å²) in [5, 5.41) is 0. The molecule has 9 heteroatoms. The summed E-state index contributed by atoms with van der Waals surface area (Å²) < 4.78 is 16.1. The molecule has 0 spiro atoms. The van der Waals surface area contributed by atoms with Gasteiger partial charge in [-0.05, 0) is 141 Å². The van der Waals surface area contributed by atoms with Gasteiger partial charge < -0.3 is 9.47 Å². The Bertz CT molecular complexity index is 1270. The van der Waals surface area contributed by atoms with Gasteiger partial charge in [0.1, 0.15) is 12.4 Å². The number of benzene rings is 3. The number of hydrogen-bond acceptors (Lipinski definition) is 4. The van der Waals surface area contributed by atoms with Crippen molar-refractivity contribution < 1.29 is 14.3 Å². The maximum Gasteiger partial charge on any atom is 0.363 e. The molecule has 0 amide bonds. The van der Waals surface area contributed by atoms with Crippen LogP contribution in [0.5, 0.6) is 5.75 Å². The van der Waals surface area contributed by atoms with Gasteiger partial charge in [-0.15, -0.1) is 0 Å². The van der Waals surface area contributed by atoms with E-state index in [9.17, 15) is 4.79 Å². The Hall–Kier alpha value is -0.760. The van der Waals surface area contributed by atoms with Gasteiger partial charge in [-0.3, -0.25) is 0 Å². The molecule has 0 unspecified atom stereocenters. The van der Waals surface area contributed by atoms with Gasteiger partial charge in [0, 0.05) is 22.7 Å². The number of rotatable bonds is 5. The third-order valence-electron chi connectivity index (χ3n) is 4.44. The second-order valence-corrected chi connectivity index (χ2v) is 11.5. The Morgan fingerprint density at radius 2 is 1.66 bits per heavy atom. The van der Waals surface area contributed by atoms with Gasteiger partial charge in [-0.2, -0.15) is 0 Å². The molecule has 0 aliphatic carbocycles. The van der Waals surface area contributed by atoms with Crippen molar-refractivity contribution in [3.05, 3.63) is 97.5 Å². The Morgan fingerprint density at radius 3 is 2.34 bits per heavy atom. The van der Waals surface area contributed by atoms with E-state index in [0.29, 0.717) is 12.4 Å². The first-order valence-corrected chi connectivity index (χ1v) is 13.7. The Kier molecular flexibility index (Phi) is 8.12. The van der Waals surface area contributed by atoms with Crippen LogP contribution in [0.1, 0.15) is 16.7 Å². The van der Waals surface area contributed by atoms with Crippen LogP contribution in [0.4, 0.5) is 0 Å². The molecule has 4 nitrogen and oxygen atoms in total. The largest absolute Gasteiger partial charge is 0.486 e. The number of ether oxygens (including phenoxy) is 2. The van der Waals surface area contributed by atoms with Gasteiger partial charge in [0.05, 0.1) is 8.95 Å². The number of nitrogens with zero attached hydrogens (tertiary/aromatic N) is 1. The van der Waals surface area contributed by atoms with Crippen LogP contribution in [-0.4, -0.2) is 11.9 Å². The van der Waals surface area contributed by atoms with Crippen LogP contribution in [0, 0.1) is 7.14 Å². The predicted octanol–water partition coefficient (Wildman–Crippen LogP) is 8.11. The van der Waals surface area contributed by atoms with Crippen molar-refractivity contribution in [2.24, 2.45) is 4.99 Å². The van der Waals surface area contributed by atoms with Crippen LogP contribution >= 0.6 is 93.0 Å². The lowest BCUT2D eigenvalue weighted by Gasteiger charge is -2.12. The van der Waals surface area contributed by atoms with E-state index in [2.05, 4.69) is 98.0 Å². The molecular formula is C23H12Br3I2NO3. The third-order valence-corrected chi connectivity index (χ3v) is 9.01. The van der Waals surface area contributed by atoms with E-state index in [4.69, 9.17) is 9.47 Å². The van der Waals surface area contributed by atoms with Crippen LogP contribution in [0.2, 0.25) is 0 Å². The highest BCUT2D eigenvalue weighted by atomic mass is 127. The van der Waals surface area contributed by atoms with E-state index in [1.807, 2.05) is 54.6 Å². The zero-order valence-electron chi connectivity index (χ0n) is 16.0. The Labute approximate surface area is 237 Å². The summed E-state index contributed by atoms with van der Waals surface area (Å²) in [4.78, 5) is 16.8. The minimum absolute atomic E-state index is 0.237. The predicted molar refractivity (Wildman–Crippen MR) is 153 cm³/mol. The molecule has 0 saturated heterocycles. The maximum absolute atomic E-state index is 12.4. The van der Waals surface area contributed by atoms with Crippen molar-refractivity contribution in [1.82, 2.24) is 0 Å². The minimum Gasteiger partial charge on any atom is -0.486 e. The number of carbonyl (C=O) groups is 1. The third kappa shape index (κ3) is 5.65. The summed E-state index contributed by atoms with van der Waals surface area (Å²) in [5.74, 6) is 0.489. The number of cyclic esters (lactones) is 1. The number of esters is 1. The van der Waals surface area contributed by atoms with Crippen molar-refractivity contribution in [2.45, 2.75) is 6.61 Å². The number of hydrogen-bond donors (Lipinski definition) is 0. The van der Waals surface area contributed by atoms with Crippen molar-refractivity contribution in [3.63, 3.8) is 0 Å². The standard InChI is InChI=1S/C23H12Br3I2NO3/c24-15-10-13(5-6-19(15)28)22-29-20(23(30)32-22)9-12-7-16(25)21(17(26)8-12)31-11-14-3-1-2-4-18(14)27/h1-10H,11H2/b20-9-. The van der Waals surface area contributed by atoms with E-state index < -0.39 is 5.97 Å². The van der Waals surface area contributed by atoms with Crippen LogP contribution in [0.3, 0.4) is 0 Å². The van der Waals surface area contributed by atoms with Crippen LogP contribution < -0.4 is 4.74 Å². The molecule has 0 saturated carbocycles. The van der Waals surface area contributed by atoms with Gasteiger partial charge in [0.15, 0.2) is 5.70 Å². The molecule has 0 radical (unpaired) electrons. The monoisotopic (exact) mass is 841 g/mol. The first kappa shape index (κ1) is 24.4. The summed E-state index contributed by atoms with van der Waals surface area (Å²) in [7, 11) is 0. The Morgan fingerprint density at radius 1 is 0.938 bits per heavy atom. The molecule has 3 aromatic carbocycles. The molecular weight excluding hydrogens is 832 g/mol. The molecule has 162 valence electrons. The zero-order chi connectivity index (χ0) is 22.8. The van der Waals surface area contributed by atoms with Gasteiger partial charge in [0.25, 0.3) is 0 Å². The summed E-state index contributed by atoms with van der Waals surface area (Å²) >= 11 is 15.2. The van der Waals surface area contributed by atoms with Crippen LogP contribution in [-0.2, 0) is 16.1 Å². The number of aliphatic imine (C=N–C) groups is 1.